The molecule has 0 unspecified atom stereocenters. The summed E-state index contributed by atoms with van der Waals surface area (Å²) >= 11 is 0. The lowest BCUT2D eigenvalue weighted by Gasteiger charge is -2.36. The molecular weight excluding hydrogens is 410 g/mol. The highest BCUT2D eigenvalue weighted by atomic mass is 16.6. The maximum absolute atomic E-state index is 12.5. The van der Waals surface area contributed by atoms with E-state index in [2.05, 4.69) is 19.9 Å². The second kappa shape index (κ2) is 8.26. The van der Waals surface area contributed by atoms with Gasteiger partial charge in [0.05, 0.1) is 30.0 Å². The number of aromatic nitrogens is 3. The van der Waals surface area contributed by atoms with Gasteiger partial charge in [0.1, 0.15) is 18.0 Å². The van der Waals surface area contributed by atoms with Crippen LogP contribution in [0.4, 0.5) is 10.5 Å². The number of amides is 1. The van der Waals surface area contributed by atoms with Gasteiger partial charge in [0.2, 0.25) is 0 Å². The SMILES string of the molecule is COc1cc2c(cc1N1CCN(C(=O)OCc3ccccc3)CC1)[nH]c1nc[nH]c(=O)c12. The summed E-state index contributed by atoms with van der Waals surface area (Å²) in [7, 11) is 1.61. The molecule has 2 N–H and O–H groups in total. The fraction of sp³-hybridized carbons (Fsp3) is 0.261. The van der Waals surface area contributed by atoms with Gasteiger partial charge < -0.3 is 29.2 Å². The number of carbonyl (C=O) groups excluding carboxylic acids is 1. The molecule has 0 bridgehead atoms. The van der Waals surface area contributed by atoms with Crippen LogP contribution in [-0.2, 0) is 11.3 Å². The van der Waals surface area contributed by atoms with Crippen LogP contribution >= 0.6 is 0 Å². The van der Waals surface area contributed by atoms with E-state index in [-0.39, 0.29) is 18.3 Å². The van der Waals surface area contributed by atoms with Gasteiger partial charge in [-0.1, -0.05) is 30.3 Å². The summed E-state index contributed by atoms with van der Waals surface area (Å²) in [5.74, 6) is 0.668. The average molecular weight is 433 g/mol. The number of anilines is 1. The molecule has 1 fully saturated rings. The van der Waals surface area contributed by atoms with Crippen LogP contribution < -0.4 is 15.2 Å². The van der Waals surface area contributed by atoms with E-state index in [1.807, 2.05) is 42.5 Å². The van der Waals surface area contributed by atoms with Gasteiger partial charge in [-0.3, -0.25) is 4.79 Å². The molecule has 2 aromatic heterocycles. The number of rotatable bonds is 4. The summed E-state index contributed by atoms with van der Waals surface area (Å²) in [6, 6.07) is 13.5. The molecule has 0 aliphatic carbocycles. The van der Waals surface area contributed by atoms with E-state index in [1.165, 1.54) is 6.33 Å². The first-order valence-electron chi connectivity index (χ1n) is 10.4. The molecule has 4 aromatic rings. The smallest absolute Gasteiger partial charge is 0.410 e. The van der Waals surface area contributed by atoms with Crippen molar-refractivity contribution >= 4 is 33.7 Å². The molecule has 0 saturated carbocycles. The number of H-pyrrole nitrogens is 2. The molecule has 0 atom stereocenters. The van der Waals surface area contributed by atoms with Crippen LogP contribution in [0, 0.1) is 0 Å². The molecule has 9 heteroatoms. The Labute approximate surface area is 183 Å². The predicted octanol–water partition coefficient (Wildman–Crippen LogP) is 2.87. The number of aromatic amines is 2. The molecular formula is C23H23N5O4. The second-order valence-corrected chi connectivity index (χ2v) is 7.66. The zero-order valence-corrected chi connectivity index (χ0v) is 17.6. The van der Waals surface area contributed by atoms with Crippen molar-refractivity contribution in [2.24, 2.45) is 0 Å². The Balaban J connectivity index is 1.32. The summed E-state index contributed by atoms with van der Waals surface area (Å²) in [4.78, 5) is 38.7. The summed E-state index contributed by atoms with van der Waals surface area (Å²) in [5.41, 5.74) is 3.02. The number of hydrogen-bond acceptors (Lipinski definition) is 6. The fourth-order valence-corrected chi connectivity index (χ4v) is 4.10. The number of nitrogens with one attached hydrogen (secondary N) is 2. The third kappa shape index (κ3) is 3.62. The average Bonchev–Trinajstić information content (AvgIpc) is 3.21. The molecule has 2 aromatic carbocycles. The highest BCUT2D eigenvalue weighted by molar-refractivity contribution is 6.07. The Morgan fingerprint density at radius 1 is 1.12 bits per heavy atom. The van der Waals surface area contributed by atoms with Crippen molar-refractivity contribution in [2.45, 2.75) is 6.61 Å². The van der Waals surface area contributed by atoms with Crippen molar-refractivity contribution in [3.8, 4) is 5.75 Å². The minimum Gasteiger partial charge on any atom is -0.495 e. The normalized spacial score (nSPS) is 14.2. The van der Waals surface area contributed by atoms with Gasteiger partial charge in [0.25, 0.3) is 5.56 Å². The number of nitrogens with zero attached hydrogens (tertiary/aromatic N) is 3. The van der Waals surface area contributed by atoms with Gasteiger partial charge in [-0.15, -0.1) is 0 Å². The van der Waals surface area contributed by atoms with E-state index < -0.39 is 0 Å². The highest BCUT2D eigenvalue weighted by Crippen LogP contribution is 2.35. The molecule has 1 saturated heterocycles. The van der Waals surface area contributed by atoms with Gasteiger partial charge in [0.15, 0.2) is 0 Å². The van der Waals surface area contributed by atoms with E-state index in [9.17, 15) is 9.59 Å². The first-order valence-corrected chi connectivity index (χ1v) is 10.4. The van der Waals surface area contributed by atoms with Crippen LogP contribution in [0.2, 0.25) is 0 Å². The maximum atomic E-state index is 12.5. The second-order valence-electron chi connectivity index (χ2n) is 7.66. The molecule has 1 amide bonds. The number of methoxy groups -OCH3 is 1. The zero-order valence-electron chi connectivity index (χ0n) is 17.6. The van der Waals surface area contributed by atoms with Crippen LogP contribution in [0.15, 0.2) is 53.6 Å². The van der Waals surface area contributed by atoms with Crippen LogP contribution in [0.3, 0.4) is 0 Å². The number of piperazine rings is 1. The summed E-state index contributed by atoms with van der Waals surface area (Å²) in [6.45, 7) is 2.63. The zero-order chi connectivity index (χ0) is 22.1. The quantitative estimate of drug-likeness (QED) is 0.513. The number of carbonyl (C=O) groups is 1. The van der Waals surface area contributed by atoms with Crippen molar-refractivity contribution < 1.29 is 14.3 Å². The van der Waals surface area contributed by atoms with E-state index in [0.29, 0.717) is 43.0 Å². The van der Waals surface area contributed by atoms with Crippen LogP contribution in [0.5, 0.6) is 5.75 Å². The Morgan fingerprint density at radius 3 is 2.66 bits per heavy atom. The molecule has 1 aliphatic heterocycles. The topological polar surface area (TPSA) is 104 Å². The molecule has 1 aliphatic rings. The predicted molar refractivity (Wildman–Crippen MR) is 121 cm³/mol. The van der Waals surface area contributed by atoms with Crippen LogP contribution in [0.25, 0.3) is 21.9 Å². The lowest BCUT2D eigenvalue weighted by atomic mass is 10.1. The number of ether oxygens (including phenoxy) is 2. The standard InChI is InChI=1S/C23H23N5O4/c1-31-19-11-16-17(26-21-20(16)22(29)25-14-24-21)12-18(19)27-7-9-28(10-8-27)23(30)32-13-15-5-3-2-4-6-15/h2-6,11-12,14H,7-10,13H2,1H3,(H2,24,25,26,29). The van der Waals surface area contributed by atoms with Crippen molar-refractivity contribution in [1.82, 2.24) is 19.9 Å². The van der Waals surface area contributed by atoms with Gasteiger partial charge in [-0.25, -0.2) is 9.78 Å². The van der Waals surface area contributed by atoms with Gasteiger partial charge >= 0.3 is 6.09 Å². The summed E-state index contributed by atoms with van der Waals surface area (Å²) < 4.78 is 11.1. The van der Waals surface area contributed by atoms with E-state index in [0.717, 1.165) is 22.2 Å². The monoisotopic (exact) mass is 433 g/mol. The third-order valence-corrected chi connectivity index (χ3v) is 5.78. The molecule has 0 radical (unpaired) electrons. The fourth-order valence-electron chi connectivity index (χ4n) is 4.10. The lowest BCUT2D eigenvalue weighted by molar-refractivity contribution is 0.0941. The van der Waals surface area contributed by atoms with Crippen molar-refractivity contribution in [3.63, 3.8) is 0 Å². The lowest BCUT2D eigenvalue weighted by Crippen LogP contribution is -2.49. The summed E-state index contributed by atoms with van der Waals surface area (Å²) in [6.07, 6.45) is 1.07. The van der Waals surface area contributed by atoms with E-state index in [1.54, 1.807) is 12.0 Å². The van der Waals surface area contributed by atoms with Crippen LogP contribution in [-0.4, -0.2) is 59.2 Å². The van der Waals surface area contributed by atoms with Crippen molar-refractivity contribution in [1.29, 1.82) is 0 Å². The van der Waals surface area contributed by atoms with Gasteiger partial charge in [-0.2, -0.15) is 0 Å². The Hall–Kier alpha value is -4.01. The summed E-state index contributed by atoms with van der Waals surface area (Å²) in [5, 5.41) is 1.27. The van der Waals surface area contributed by atoms with E-state index >= 15 is 0 Å². The first-order chi connectivity index (χ1) is 15.6. The van der Waals surface area contributed by atoms with Crippen LogP contribution in [0.1, 0.15) is 5.56 Å². The van der Waals surface area contributed by atoms with Crippen molar-refractivity contribution in [2.75, 3.05) is 38.2 Å². The van der Waals surface area contributed by atoms with E-state index in [4.69, 9.17) is 9.47 Å². The Morgan fingerprint density at radius 2 is 1.91 bits per heavy atom. The molecule has 9 nitrogen and oxygen atoms in total. The number of fused-ring (bicyclic) bond motifs is 3. The maximum Gasteiger partial charge on any atom is 0.410 e. The van der Waals surface area contributed by atoms with Gasteiger partial charge in [0, 0.05) is 31.6 Å². The van der Waals surface area contributed by atoms with Crippen molar-refractivity contribution in [3.05, 3.63) is 64.7 Å². The largest absolute Gasteiger partial charge is 0.495 e. The van der Waals surface area contributed by atoms with Gasteiger partial charge in [-0.05, 0) is 17.7 Å². The number of hydrogen-bond donors (Lipinski definition) is 2. The molecule has 3 heterocycles. The third-order valence-electron chi connectivity index (χ3n) is 5.78. The molecule has 0 spiro atoms. The number of benzene rings is 2. The Kier molecular flexibility index (Phi) is 5.14. The molecule has 164 valence electrons. The minimum atomic E-state index is -0.308. The first kappa shape index (κ1) is 19.9. The molecule has 32 heavy (non-hydrogen) atoms. The Bertz CT molecular complexity index is 1320. The minimum absolute atomic E-state index is 0.196. The molecule has 5 rings (SSSR count). The highest BCUT2D eigenvalue weighted by Gasteiger charge is 2.25.